The Bertz CT molecular complexity index is 360. The fraction of sp³-hybridized carbons (Fsp3) is 0.625. The molecule has 10 nitrogen and oxygen atoms in total. The van der Waals surface area contributed by atoms with Crippen LogP contribution < -0.4 is 15.3 Å². The number of hydrogen-bond acceptors (Lipinski definition) is 10. The van der Waals surface area contributed by atoms with Crippen molar-refractivity contribution in [3.05, 3.63) is 0 Å². The molecule has 27 heavy (non-hydrogen) atoms. The van der Waals surface area contributed by atoms with E-state index in [2.05, 4.69) is 6.92 Å². The van der Waals surface area contributed by atoms with Crippen LogP contribution in [0, 0.1) is 0 Å². The number of hydrogen-bond donors (Lipinski definition) is 1. The summed E-state index contributed by atoms with van der Waals surface area (Å²) in [6.45, 7) is 6.01. The number of aliphatic carboxylic acids is 3. The molecule has 1 N–H and O–H groups in total. The molecular weight excluding hydrogens is 443 g/mol. The summed E-state index contributed by atoms with van der Waals surface area (Å²) < 4.78 is 0. The monoisotopic (exact) mass is 467 g/mol. The topological polar surface area (TPSA) is 192 Å². The van der Waals surface area contributed by atoms with Crippen molar-refractivity contribution in [2.24, 2.45) is 0 Å². The molecule has 0 bridgehead atoms. The quantitative estimate of drug-likeness (QED) is 0.357. The Labute approximate surface area is 177 Å². The molecule has 0 aromatic heterocycles. The van der Waals surface area contributed by atoms with Crippen LogP contribution in [0.1, 0.15) is 59.8 Å². The minimum absolute atomic E-state index is 0. The Morgan fingerprint density at radius 3 is 0.889 bits per heavy atom. The van der Waals surface area contributed by atoms with Gasteiger partial charge in [-0.15, -0.1) is 0 Å². The van der Waals surface area contributed by atoms with Crippen LogP contribution in [0.4, 0.5) is 0 Å². The zero-order valence-electron chi connectivity index (χ0n) is 15.9. The Kier molecular flexibility index (Phi) is 35.5. The smallest absolute Gasteiger partial charge is 0.550 e. The number of unbranched alkanes of at least 4 members (excludes halogenated alkanes) is 1. The normalized spacial score (nSPS) is 7.89. The zero-order chi connectivity index (χ0) is 21.7. The van der Waals surface area contributed by atoms with Gasteiger partial charge >= 0.3 is 26.2 Å². The largest absolute Gasteiger partial charge is 3.00 e. The standard InChI is InChI=1S/3C4H6O3.C4H10O.Zr/c3*1-3(5)2-4(6)7;1-2-3-4-5;/h3*2H2,1H3,(H,6,7);5H,2-4H2,1H3;/q;;;;+3/p-3. The number of aliphatic hydroxyl groups excluding tert-OH is 1. The summed E-state index contributed by atoms with van der Waals surface area (Å²) in [5.74, 6) is -5.06. The molecule has 153 valence electrons. The van der Waals surface area contributed by atoms with Gasteiger partial charge in [-0.1, -0.05) is 13.3 Å². The van der Waals surface area contributed by atoms with Crippen molar-refractivity contribution in [2.45, 2.75) is 59.8 Å². The molecular formula is C16H25O10Zr. The van der Waals surface area contributed by atoms with Crippen LogP contribution in [-0.4, -0.2) is 47.0 Å². The van der Waals surface area contributed by atoms with Crippen LogP contribution in [-0.2, 0) is 55.0 Å². The Hall–Kier alpha value is -1.74. The van der Waals surface area contributed by atoms with E-state index in [9.17, 15) is 44.1 Å². The fourth-order valence-electron chi connectivity index (χ4n) is 0.768. The van der Waals surface area contributed by atoms with Crippen molar-refractivity contribution in [3.8, 4) is 0 Å². The molecule has 0 spiro atoms. The van der Waals surface area contributed by atoms with E-state index in [-0.39, 0.29) is 43.6 Å². The summed E-state index contributed by atoms with van der Waals surface area (Å²) in [7, 11) is 0. The number of Topliss-reactive ketones (excluding diaryl/α,β-unsaturated/α-hetero) is 3. The molecule has 0 aromatic rings. The maximum atomic E-state index is 9.83. The molecule has 0 unspecified atom stereocenters. The molecule has 0 fully saturated rings. The number of ketones is 3. The predicted octanol–water partition coefficient (Wildman–Crippen LogP) is -3.08. The first-order valence-electron chi connectivity index (χ1n) is 7.48. The van der Waals surface area contributed by atoms with E-state index in [0.29, 0.717) is 6.61 Å². The van der Waals surface area contributed by atoms with Crippen LogP contribution in [0.5, 0.6) is 0 Å². The summed E-state index contributed by atoms with van der Waals surface area (Å²) in [6, 6.07) is 0. The molecule has 0 saturated carbocycles. The minimum Gasteiger partial charge on any atom is -0.550 e. The number of carboxylic acids is 3. The predicted molar refractivity (Wildman–Crippen MR) is 82.9 cm³/mol. The van der Waals surface area contributed by atoms with Gasteiger partial charge in [-0.05, 0) is 27.2 Å². The second-order valence-electron chi connectivity index (χ2n) is 4.83. The molecule has 0 amide bonds. The van der Waals surface area contributed by atoms with Crippen LogP contribution in [0.25, 0.3) is 0 Å². The first kappa shape index (κ1) is 36.2. The van der Waals surface area contributed by atoms with Gasteiger partial charge in [0.2, 0.25) is 0 Å². The van der Waals surface area contributed by atoms with Crippen molar-refractivity contribution < 1.29 is 75.4 Å². The van der Waals surface area contributed by atoms with Crippen molar-refractivity contribution in [1.82, 2.24) is 0 Å². The third-order valence-corrected chi connectivity index (χ3v) is 1.69. The van der Waals surface area contributed by atoms with Gasteiger partial charge in [0.05, 0.1) is 0 Å². The van der Waals surface area contributed by atoms with E-state index >= 15 is 0 Å². The van der Waals surface area contributed by atoms with E-state index in [4.69, 9.17) is 5.11 Å². The Balaban J connectivity index is -0.0000000793. The molecule has 11 heteroatoms. The summed E-state index contributed by atoms with van der Waals surface area (Å²) in [4.78, 5) is 57.9. The van der Waals surface area contributed by atoms with Gasteiger partial charge in [-0.3, -0.25) is 14.4 Å². The third kappa shape index (κ3) is 80.0. The van der Waals surface area contributed by atoms with E-state index in [1.165, 1.54) is 20.8 Å². The zero-order valence-corrected chi connectivity index (χ0v) is 18.3. The van der Waals surface area contributed by atoms with Gasteiger partial charge in [0, 0.05) is 43.8 Å². The molecule has 0 heterocycles. The van der Waals surface area contributed by atoms with Gasteiger partial charge < -0.3 is 34.8 Å². The van der Waals surface area contributed by atoms with E-state index in [0.717, 1.165) is 12.8 Å². The summed E-state index contributed by atoms with van der Waals surface area (Å²) in [6.07, 6.45) is 0.622. The number of aliphatic hydroxyl groups is 1. The van der Waals surface area contributed by atoms with Crippen molar-refractivity contribution in [1.29, 1.82) is 0 Å². The number of rotatable bonds is 8. The molecule has 0 saturated heterocycles. The fourth-order valence-corrected chi connectivity index (χ4v) is 0.768. The van der Waals surface area contributed by atoms with Crippen LogP contribution in [0.3, 0.4) is 0 Å². The Morgan fingerprint density at radius 1 is 0.667 bits per heavy atom. The molecule has 0 rings (SSSR count). The van der Waals surface area contributed by atoms with Gasteiger partial charge in [0.1, 0.15) is 17.3 Å². The van der Waals surface area contributed by atoms with Gasteiger partial charge in [0.25, 0.3) is 0 Å². The van der Waals surface area contributed by atoms with Crippen LogP contribution in [0.2, 0.25) is 0 Å². The number of carbonyl (C=O) groups is 6. The first-order valence-corrected chi connectivity index (χ1v) is 7.48. The second-order valence-corrected chi connectivity index (χ2v) is 4.83. The van der Waals surface area contributed by atoms with Gasteiger partial charge in [-0.2, -0.15) is 0 Å². The van der Waals surface area contributed by atoms with Gasteiger partial charge in [-0.25, -0.2) is 0 Å². The molecule has 0 aromatic carbocycles. The van der Waals surface area contributed by atoms with Crippen LogP contribution >= 0.6 is 0 Å². The summed E-state index contributed by atoms with van der Waals surface area (Å²) in [5, 5.41) is 36.5. The molecule has 0 aliphatic carbocycles. The number of carbonyl (C=O) groups excluding carboxylic acids is 6. The molecule has 0 atom stereocenters. The van der Waals surface area contributed by atoms with Crippen molar-refractivity contribution >= 4 is 35.3 Å². The molecule has 1 radical (unpaired) electrons. The van der Waals surface area contributed by atoms with Gasteiger partial charge in [0.15, 0.2) is 0 Å². The van der Waals surface area contributed by atoms with E-state index in [1.54, 1.807) is 0 Å². The molecule has 0 aliphatic heterocycles. The molecule has 0 aliphatic rings. The minimum atomic E-state index is -1.31. The first-order chi connectivity index (χ1) is 11.8. The second kappa shape index (κ2) is 26.5. The Morgan fingerprint density at radius 2 is 0.889 bits per heavy atom. The SMILES string of the molecule is CC(=O)CC(=O)[O-].CC(=O)CC(=O)[O-].CC(=O)CC(=O)[O-].CCCCO.[Zr+3]. The van der Waals surface area contributed by atoms with Crippen LogP contribution in [0.15, 0.2) is 0 Å². The van der Waals surface area contributed by atoms with Crippen molar-refractivity contribution in [2.75, 3.05) is 6.61 Å². The van der Waals surface area contributed by atoms with Crippen molar-refractivity contribution in [3.63, 3.8) is 0 Å². The maximum absolute atomic E-state index is 9.83. The average Bonchev–Trinajstić information content (AvgIpc) is 2.36. The number of carboxylic acid groups (broad SMARTS) is 3. The summed E-state index contributed by atoms with van der Waals surface area (Å²) >= 11 is 0. The maximum Gasteiger partial charge on any atom is 3.00 e. The summed E-state index contributed by atoms with van der Waals surface area (Å²) in [5.41, 5.74) is 0. The average molecular weight is 469 g/mol. The third-order valence-electron chi connectivity index (χ3n) is 1.69. The van der Waals surface area contributed by atoms with E-state index in [1.807, 2.05) is 0 Å². The van der Waals surface area contributed by atoms with E-state index < -0.39 is 37.2 Å².